The van der Waals surface area contributed by atoms with Crippen molar-refractivity contribution in [3.05, 3.63) is 51.7 Å². The van der Waals surface area contributed by atoms with E-state index in [1.807, 2.05) is 19.9 Å². The maximum absolute atomic E-state index is 13.4. The minimum atomic E-state index is -0.688. The van der Waals surface area contributed by atoms with Crippen LogP contribution in [0.2, 0.25) is 0 Å². The van der Waals surface area contributed by atoms with Crippen molar-refractivity contribution >= 4 is 16.9 Å². The Bertz CT molecular complexity index is 1200. The van der Waals surface area contributed by atoms with Gasteiger partial charge in [0.2, 0.25) is 11.2 Å². The van der Waals surface area contributed by atoms with Gasteiger partial charge in [0.15, 0.2) is 23.4 Å². The van der Waals surface area contributed by atoms with Crippen molar-refractivity contribution in [3.8, 4) is 28.6 Å². The summed E-state index contributed by atoms with van der Waals surface area (Å²) in [6.45, 7) is 4.24. The fourth-order valence-electron chi connectivity index (χ4n) is 3.86. The average Bonchev–Trinajstić information content (AvgIpc) is 3.29. The van der Waals surface area contributed by atoms with E-state index < -0.39 is 17.5 Å². The van der Waals surface area contributed by atoms with Crippen molar-refractivity contribution in [1.29, 1.82) is 0 Å². The van der Waals surface area contributed by atoms with Crippen molar-refractivity contribution in [1.82, 2.24) is 0 Å². The van der Waals surface area contributed by atoms with Crippen molar-refractivity contribution < 1.29 is 28.2 Å². The number of hydrogen-bond donors (Lipinski definition) is 0. The van der Waals surface area contributed by atoms with E-state index in [-0.39, 0.29) is 11.5 Å². The van der Waals surface area contributed by atoms with Crippen LogP contribution in [0.15, 0.2) is 39.5 Å². The lowest BCUT2D eigenvalue weighted by Gasteiger charge is -2.15. The molecule has 1 unspecified atom stereocenters. The van der Waals surface area contributed by atoms with Gasteiger partial charge in [-0.05, 0) is 62.1 Å². The Hall–Kier alpha value is -3.32. The molecule has 7 heteroatoms. The highest BCUT2D eigenvalue weighted by atomic mass is 16.6. The minimum Gasteiger partial charge on any atom is -0.493 e. The lowest BCUT2D eigenvalue weighted by Crippen LogP contribution is -2.27. The molecule has 0 bridgehead atoms. The van der Waals surface area contributed by atoms with E-state index in [9.17, 15) is 9.59 Å². The van der Waals surface area contributed by atoms with Crippen molar-refractivity contribution in [2.45, 2.75) is 32.8 Å². The maximum atomic E-state index is 13.4. The number of carbonyl (C=O) groups excluding carboxylic acids is 1. The van der Waals surface area contributed by atoms with Gasteiger partial charge in [-0.2, -0.15) is 0 Å². The fraction of sp³-hybridized carbons (Fsp3) is 0.333. The summed E-state index contributed by atoms with van der Waals surface area (Å²) in [4.78, 5) is 26.1. The Morgan fingerprint density at radius 2 is 1.84 bits per heavy atom. The number of hydrogen-bond acceptors (Lipinski definition) is 7. The molecule has 31 heavy (non-hydrogen) atoms. The number of esters is 1. The zero-order valence-corrected chi connectivity index (χ0v) is 17.9. The molecule has 1 atom stereocenters. The first-order valence-corrected chi connectivity index (χ1v) is 10.1. The predicted octanol–water partition coefficient (Wildman–Crippen LogP) is 4.18. The molecule has 0 radical (unpaired) electrons. The Morgan fingerprint density at radius 1 is 1.06 bits per heavy atom. The number of carbonyl (C=O) groups is 1. The highest BCUT2D eigenvalue weighted by Gasteiger charge is 2.29. The van der Waals surface area contributed by atoms with Crippen LogP contribution in [0.5, 0.6) is 17.2 Å². The van der Waals surface area contributed by atoms with Gasteiger partial charge in [0.05, 0.1) is 19.6 Å². The average molecular weight is 424 g/mol. The van der Waals surface area contributed by atoms with E-state index in [1.165, 1.54) is 14.2 Å². The molecule has 7 nitrogen and oxygen atoms in total. The molecule has 0 spiro atoms. The molecule has 1 saturated heterocycles. The third kappa shape index (κ3) is 3.88. The molecule has 1 aliphatic rings. The molecular weight excluding hydrogens is 400 g/mol. The van der Waals surface area contributed by atoms with E-state index >= 15 is 0 Å². The quantitative estimate of drug-likeness (QED) is 0.568. The largest absolute Gasteiger partial charge is 0.493 e. The molecule has 4 rings (SSSR count). The van der Waals surface area contributed by atoms with Crippen LogP contribution in [0.1, 0.15) is 24.0 Å². The standard InChI is InChI=1S/C24H24O7/c1-13-10-14(2)20-19(11-13)30-22(15-7-8-16(27-3)18(12-15)28-4)23(21(20)25)31-24(26)17-6-5-9-29-17/h7-8,10-12,17H,5-6,9H2,1-4H3. The fourth-order valence-corrected chi connectivity index (χ4v) is 3.86. The topological polar surface area (TPSA) is 84.2 Å². The first-order chi connectivity index (χ1) is 14.9. The summed E-state index contributed by atoms with van der Waals surface area (Å²) in [5, 5.41) is 0.380. The van der Waals surface area contributed by atoms with E-state index in [1.54, 1.807) is 24.3 Å². The normalized spacial score (nSPS) is 15.8. The molecule has 0 amide bonds. The molecule has 162 valence electrons. The van der Waals surface area contributed by atoms with E-state index in [0.717, 1.165) is 17.5 Å². The summed E-state index contributed by atoms with van der Waals surface area (Å²) in [7, 11) is 3.05. The zero-order chi connectivity index (χ0) is 22.1. The monoisotopic (exact) mass is 424 g/mol. The third-order valence-electron chi connectivity index (χ3n) is 5.34. The van der Waals surface area contributed by atoms with Crippen molar-refractivity contribution in [3.63, 3.8) is 0 Å². The van der Waals surface area contributed by atoms with Gasteiger partial charge in [0, 0.05) is 12.2 Å². The van der Waals surface area contributed by atoms with Crippen LogP contribution in [-0.2, 0) is 9.53 Å². The summed E-state index contributed by atoms with van der Waals surface area (Å²) < 4.78 is 27.8. The Kier molecular flexibility index (Phi) is 5.69. The Labute approximate surface area is 179 Å². The van der Waals surface area contributed by atoms with Gasteiger partial charge >= 0.3 is 5.97 Å². The summed E-state index contributed by atoms with van der Waals surface area (Å²) in [5.41, 5.74) is 2.23. The summed E-state index contributed by atoms with van der Waals surface area (Å²) in [5.74, 6) is 0.371. The SMILES string of the molecule is COc1ccc(-c2oc3cc(C)cc(C)c3c(=O)c2OC(=O)C2CCCO2)cc1OC. The molecule has 3 aromatic rings. The first kappa shape index (κ1) is 20.9. The smallest absolute Gasteiger partial charge is 0.340 e. The molecule has 1 fully saturated rings. The van der Waals surface area contributed by atoms with Gasteiger partial charge in [-0.25, -0.2) is 4.79 Å². The molecule has 1 aromatic heterocycles. The second-order valence-electron chi connectivity index (χ2n) is 7.54. The van der Waals surface area contributed by atoms with Gasteiger partial charge < -0.3 is 23.4 Å². The van der Waals surface area contributed by atoms with Gasteiger partial charge in [0.1, 0.15) is 5.58 Å². The summed E-state index contributed by atoms with van der Waals surface area (Å²) in [6, 6.07) is 8.78. The number of aryl methyl sites for hydroxylation is 2. The van der Waals surface area contributed by atoms with Crippen LogP contribution < -0.4 is 19.6 Å². The maximum Gasteiger partial charge on any atom is 0.340 e. The van der Waals surface area contributed by atoms with Crippen LogP contribution in [0.4, 0.5) is 0 Å². The number of benzene rings is 2. The van der Waals surface area contributed by atoms with Crippen LogP contribution in [0.25, 0.3) is 22.3 Å². The molecule has 1 aliphatic heterocycles. The Balaban J connectivity index is 1.93. The van der Waals surface area contributed by atoms with Gasteiger partial charge in [-0.1, -0.05) is 6.07 Å². The number of rotatable bonds is 5. The van der Waals surface area contributed by atoms with E-state index in [0.29, 0.717) is 41.1 Å². The molecule has 0 aliphatic carbocycles. The number of methoxy groups -OCH3 is 2. The zero-order valence-electron chi connectivity index (χ0n) is 17.9. The van der Waals surface area contributed by atoms with Crippen LogP contribution in [0.3, 0.4) is 0 Å². The molecule has 0 saturated carbocycles. The second kappa shape index (κ2) is 8.43. The molecule has 2 aromatic carbocycles. The Morgan fingerprint density at radius 3 is 2.52 bits per heavy atom. The van der Waals surface area contributed by atoms with Gasteiger partial charge in [0.25, 0.3) is 0 Å². The van der Waals surface area contributed by atoms with Crippen LogP contribution in [-0.4, -0.2) is 32.9 Å². The van der Waals surface area contributed by atoms with Crippen LogP contribution >= 0.6 is 0 Å². The lowest BCUT2D eigenvalue weighted by molar-refractivity contribution is -0.144. The summed E-state index contributed by atoms with van der Waals surface area (Å²) in [6.07, 6.45) is 0.641. The number of ether oxygens (including phenoxy) is 4. The first-order valence-electron chi connectivity index (χ1n) is 10.1. The summed E-state index contributed by atoms with van der Waals surface area (Å²) >= 11 is 0. The van der Waals surface area contributed by atoms with Crippen molar-refractivity contribution in [2.24, 2.45) is 0 Å². The lowest BCUT2D eigenvalue weighted by atomic mass is 10.0. The third-order valence-corrected chi connectivity index (χ3v) is 5.34. The van der Waals surface area contributed by atoms with Crippen molar-refractivity contribution in [2.75, 3.05) is 20.8 Å². The second-order valence-corrected chi connectivity index (χ2v) is 7.54. The van der Waals surface area contributed by atoms with Crippen LogP contribution in [0, 0.1) is 13.8 Å². The highest BCUT2D eigenvalue weighted by molar-refractivity contribution is 5.88. The highest BCUT2D eigenvalue weighted by Crippen LogP contribution is 2.37. The molecule has 0 N–H and O–H groups in total. The van der Waals surface area contributed by atoms with Gasteiger partial charge in [-0.3, -0.25) is 4.79 Å². The number of fused-ring (bicyclic) bond motifs is 1. The van der Waals surface area contributed by atoms with E-state index in [4.69, 9.17) is 23.4 Å². The van der Waals surface area contributed by atoms with Gasteiger partial charge in [-0.15, -0.1) is 0 Å². The molecular formula is C24H24O7. The predicted molar refractivity (Wildman–Crippen MR) is 115 cm³/mol. The minimum absolute atomic E-state index is 0.148. The molecule has 2 heterocycles. The van der Waals surface area contributed by atoms with E-state index in [2.05, 4.69) is 0 Å².